The molecule has 1 heterocycles. The average Bonchev–Trinajstić information content (AvgIpc) is 3.01. The van der Waals surface area contributed by atoms with Crippen LogP contribution in [-0.2, 0) is 36.0 Å². The highest BCUT2D eigenvalue weighted by atomic mass is 35.5. The van der Waals surface area contributed by atoms with Crippen molar-refractivity contribution < 1.29 is 31.2 Å². The number of piperazine rings is 1. The summed E-state index contributed by atoms with van der Waals surface area (Å²) in [6.07, 6.45) is -1.52. The molecule has 228 valence electrons. The van der Waals surface area contributed by atoms with Gasteiger partial charge in [-0.15, -0.1) is 0 Å². The first kappa shape index (κ1) is 31.2. The maximum absolute atomic E-state index is 14.0. The topological polar surface area (TPSA) is 130 Å². The van der Waals surface area contributed by atoms with E-state index in [-0.39, 0.29) is 35.2 Å². The van der Waals surface area contributed by atoms with Crippen molar-refractivity contribution in [3.05, 3.63) is 114 Å². The fourth-order valence-corrected chi connectivity index (χ4v) is 6.97. The van der Waals surface area contributed by atoms with Crippen LogP contribution >= 0.6 is 11.6 Å². The summed E-state index contributed by atoms with van der Waals surface area (Å²) in [5, 5.41) is 0.315. The second-order valence-corrected chi connectivity index (χ2v) is 14.2. The van der Waals surface area contributed by atoms with E-state index < -0.39 is 38.0 Å². The second-order valence-electron chi connectivity index (χ2n) is 10.0. The maximum Gasteiger partial charge on any atom is 0.411 e. The summed E-state index contributed by atoms with van der Waals surface area (Å²) in [5.41, 5.74) is 2.05. The quantitative estimate of drug-likeness (QED) is 0.292. The van der Waals surface area contributed by atoms with Crippen LogP contribution in [0.2, 0.25) is 5.02 Å². The lowest BCUT2D eigenvalue weighted by Crippen LogP contribution is -2.65. The number of amides is 2. The van der Waals surface area contributed by atoms with E-state index in [1.165, 1.54) is 35.2 Å². The smallest absolute Gasteiger partial charge is 0.411 e. The summed E-state index contributed by atoms with van der Waals surface area (Å²) in [5.74, 6) is -0.794. The van der Waals surface area contributed by atoms with E-state index >= 15 is 0 Å². The van der Waals surface area contributed by atoms with Crippen molar-refractivity contribution in [3.63, 3.8) is 0 Å². The summed E-state index contributed by atoms with van der Waals surface area (Å²) < 4.78 is 60.1. The number of ether oxygens (including phenoxy) is 1. The van der Waals surface area contributed by atoms with Gasteiger partial charge in [0.1, 0.15) is 6.61 Å². The first-order valence-electron chi connectivity index (χ1n) is 13.4. The Hall–Kier alpha value is -4.23. The molecule has 0 saturated carbocycles. The minimum absolute atomic E-state index is 0.00278. The van der Waals surface area contributed by atoms with Crippen molar-refractivity contribution in [3.8, 4) is 11.1 Å². The minimum atomic E-state index is -4.32. The van der Waals surface area contributed by atoms with Crippen molar-refractivity contribution >= 4 is 49.1 Å². The SMILES string of the molecule is CS(=O)(=O)c1cc(N2CCN(C(=O)OCc3ccccc3)C(NS(=O)(=O)c3ccc(Cl)cc3)C2=O)ccc1-c1ccccc1. The number of carbonyl (C=O) groups is 2. The molecule has 1 unspecified atom stereocenters. The summed E-state index contributed by atoms with van der Waals surface area (Å²) >= 11 is 5.92. The maximum atomic E-state index is 14.0. The summed E-state index contributed by atoms with van der Waals surface area (Å²) in [6, 6.07) is 27.7. The fourth-order valence-electron chi connectivity index (χ4n) is 4.77. The van der Waals surface area contributed by atoms with Gasteiger partial charge < -0.3 is 9.64 Å². The van der Waals surface area contributed by atoms with E-state index in [9.17, 15) is 26.4 Å². The Bertz CT molecular complexity index is 1890. The van der Waals surface area contributed by atoms with Gasteiger partial charge in [0, 0.05) is 35.6 Å². The number of hydrogen-bond donors (Lipinski definition) is 1. The molecule has 1 aliphatic heterocycles. The number of nitrogens with zero attached hydrogens (tertiary/aromatic N) is 2. The largest absolute Gasteiger partial charge is 0.444 e. The molecule has 0 aromatic heterocycles. The molecule has 1 saturated heterocycles. The predicted octanol–water partition coefficient (Wildman–Crippen LogP) is 4.70. The number of anilines is 1. The second kappa shape index (κ2) is 12.8. The van der Waals surface area contributed by atoms with E-state index in [2.05, 4.69) is 4.72 Å². The Morgan fingerprint density at radius 3 is 2.16 bits per heavy atom. The highest BCUT2D eigenvalue weighted by molar-refractivity contribution is 7.91. The molecule has 4 aromatic rings. The standard InChI is InChI=1S/C31H28ClN3O7S2/c1-43(38,39)28-20-25(14-17-27(28)23-10-6-3-7-11-23)34-18-19-35(31(37)42-21-22-8-4-2-5-9-22)29(30(34)36)33-44(40,41)26-15-12-24(32)13-16-26/h2-17,20,29,33H,18-19,21H2,1H3. The monoisotopic (exact) mass is 653 g/mol. The number of carbonyl (C=O) groups excluding carboxylic acids is 2. The van der Waals surface area contributed by atoms with Crippen molar-refractivity contribution in [2.24, 2.45) is 0 Å². The van der Waals surface area contributed by atoms with Crippen LogP contribution in [0.15, 0.2) is 113 Å². The molecule has 4 aromatic carbocycles. The molecule has 10 nitrogen and oxygen atoms in total. The first-order valence-corrected chi connectivity index (χ1v) is 17.2. The lowest BCUT2D eigenvalue weighted by atomic mass is 10.0. The van der Waals surface area contributed by atoms with E-state index in [4.69, 9.17) is 16.3 Å². The predicted molar refractivity (Wildman–Crippen MR) is 166 cm³/mol. The first-order chi connectivity index (χ1) is 20.9. The Kier molecular flexibility index (Phi) is 9.07. The van der Waals surface area contributed by atoms with Gasteiger partial charge in [0.15, 0.2) is 16.0 Å². The Balaban J connectivity index is 1.49. The normalized spacial score (nSPS) is 15.7. The van der Waals surface area contributed by atoms with E-state index in [1.807, 2.05) is 12.1 Å². The summed E-state index contributed by atoms with van der Waals surface area (Å²) in [7, 11) is -8.07. The van der Waals surface area contributed by atoms with Crippen molar-refractivity contribution in [2.75, 3.05) is 24.2 Å². The number of halogens is 1. The zero-order valence-corrected chi connectivity index (χ0v) is 25.8. The van der Waals surface area contributed by atoms with Gasteiger partial charge in [-0.05, 0) is 47.5 Å². The number of sulfone groups is 1. The van der Waals surface area contributed by atoms with Crippen LogP contribution in [0.1, 0.15) is 5.56 Å². The minimum Gasteiger partial charge on any atom is -0.444 e. The molecule has 1 atom stereocenters. The lowest BCUT2D eigenvalue weighted by Gasteiger charge is -2.40. The highest BCUT2D eigenvalue weighted by Crippen LogP contribution is 2.32. The molecule has 0 radical (unpaired) electrons. The van der Waals surface area contributed by atoms with Crippen LogP contribution in [0.5, 0.6) is 0 Å². The third-order valence-electron chi connectivity index (χ3n) is 6.97. The fraction of sp³-hybridized carbons (Fsp3) is 0.161. The van der Waals surface area contributed by atoms with Gasteiger partial charge in [0.05, 0.1) is 9.79 Å². The number of benzene rings is 4. The summed E-state index contributed by atoms with van der Waals surface area (Å²) in [6.45, 7) is -0.252. The molecule has 0 spiro atoms. The Morgan fingerprint density at radius 2 is 1.52 bits per heavy atom. The molecule has 1 N–H and O–H groups in total. The van der Waals surface area contributed by atoms with Crippen molar-refractivity contribution in [1.29, 1.82) is 0 Å². The Morgan fingerprint density at radius 1 is 0.886 bits per heavy atom. The molecule has 1 aliphatic rings. The van der Waals surface area contributed by atoms with Gasteiger partial charge in [-0.1, -0.05) is 78.3 Å². The van der Waals surface area contributed by atoms with Crippen LogP contribution in [0, 0.1) is 0 Å². The van der Waals surface area contributed by atoms with Crippen molar-refractivity contribution in [1.82, 2.24) is 9.62 Å². The van der Waals surface area contributed by atoms with E-state index in [0.717, 1.165) is 11.2 Å². The third-order valence-corrected chi connectivity index (χ3v) is 9.78. The highest BCUT2D eigenvalue weighted by Gasteiger charge is 2.42. The molecule has 0 bridgehead atoms. The molecule has 44 heavy (non-hydrogen) atoms. The van der Waals surface area contributed by atoms with Crippen LogP contribution < -0.4 is 9.62 Å². The molecule has 5 rings (SSSR count). The van der Waals surface area contributed by atoms with E-state index in [0.29, 0.717) is 21.7 Å². The van der Waals surface area contributed by atoms with Crippen molar-refractivity contribution in [2.45, 2.75) is 22.6 Å². The van der Waals surface area contributed by atoms with Gasteiger partial charge in [0.25, 0.3) is 5.91 Å². The van der Waals surface area contributed by atoms with Crippen LogP contribution in [0.4, 0.5) is 10.5 Å². The van der Waals surface area contributed by atoms with Crippen LogP contribution in [0.25, 0.3) is 11.1 Å². The van der Waals surface area contributed by atoms with Gasteiger partial charge in [0.2, 0.25) is 10.0 Å². The Labute approximate surface area is 260 Å². The van der Waals surface area contributed by atoms with Gasteiger partial charge in [-0.3, -0.25) is 9.69 Å². The molecular weight excluding hydrogens is 626 g/mol. The molecule has 2 amide bonds. The van der Waals surface area contributed by atoms with Gasteiger partial charge in [-0.2, -0.15) is 4.72 Å². The van der Waals surface area contributed by atoms with Gasteiger partial charge in [-0.25, -0.2) is 21.6 Å². The molecular formula is C31H28ClN3O7S2. The average molecular weight is 654 g/mol. The number of hydrogen-bond acceptors (Lipinski definition) is 7. The lowest BCUT2D eigenvalue weighted by molar-refractivity contribution is -0.125. The zero-order valence-electron chi connectivity index (χ0n) is 23.5. The molecule has 13 heteroatoms. The number of rotatable bonds is 8. The van der Waals surface area contributed by atoms with Crippen LogP contribution in [0.3, 0.4) is 0 Å². The zero-order chi connectivity index (χ0) is 31.5. The van der Waals surface area contributed by atoms with Crippen LogP contribution in [-0.4, -0.2) is 59.2 Å². The number of nitrogens with one attached hydrogen (secondary N) is 1. The molecule has 1 fully saturated rings. The van der Waals surface area contributed by atoms with Gasteiger partial charge >= 0.3 is 6.09 Å². The van der Waals surface area contributed by atoms with E-state index in [1.54, 1.807) is 60.7 Å². The third kappa shape index (κ3) is 6.94. The molecule has 0 aliphatic carbocycles. The summed E-state index contributed by atoms with van der Waals surface area (Å²) in [4.78, 5) is 29.3. The number of sulfonamides is 1.